The monoisotopic (exact) mass is 257 g/mol. The first-order valence-corrected chi connectivity index (χ1v) is 6.78. The van der Waals surface area contributed by atoms with Gasteiger partial charge < -0.3 is 15.7 Å². The molecule has 100 valence electrons. The number of nitrogens with two attached hydrogens (primary N) is 1. The predicted molar refractivity (Wildman–Crippen MR) is 78.2 cm³/mol. The van der Waals surface area contributed by atoms with E-state index in [1.54, 1.807) is 6.20 Å². The maximum atomic E-state index is 9.03. The fraction of sp³-hybridized carbons (Fsp3) is 0.400. The summed E-state index contributed by atoms with van der Waals surface area (Å²) in [6.45, 7) is 2.27. The van der Waals surface area contributed by atoms with Gasteiger partial charge in [-0.05, 0) is 43.0 Å². The molecule has 0 radical (unpaired) electrons. The van der Waals surface area contributed by atoms with E-state index in [1.807, 2.05) is 18.2 Å². The van der Waals surface area contributed by atoms with Crippen LogP contribution in [0.4, 0.5) is 11.4 Å². The minimum atomic E-state index is 0.273. The third kappa shape index (κ3) is 2.24. The van der Waals surface area contributed by atoms with Gasteiger partial charge in [0.25, 0.3) is 0 Å². The number of aromatic nitrogens is 1. The first kappa shape index (κ1) is 12.2. The highest BCUT2D eigenvalue weighted by molar-refractivity contribution is 5.97. The van der Waals surface area contributed by atoms with Gasteiger partial charge in [0, 0.05) is 31.3 Å². The van der Waals surface area contributed by atoms with Crippen LogP contribution in [-0.2, 0) is 0 Å². The number of benzene rings is 1. The Bertz CT molecular complexity index is 585. The van der Waals surface area contributed by atoms with Crippen LogP contribution in [0.3, 0.4) is 0 Å². The van der Waals surface area contributed by atoms with E-state index in [0.29, 0.717) is 5.92 Å². The quantitative estimate of drug-likeness (QED) is 0.826. The molecule has 1 unspecified atom stereocenters. The van der Waals surface area contributed by atoms with Crippen LogP contribution < -0.4 is 10.6 Å². The van der Waals surface area contributed by atoms with E-state index in [0.717, 1.165) is 48.2 Å². The van der Waals surface area contributed by atoms with Gasteiger partial charge in [0.2, 0.25) is 0 Å². The molecular weight excluding hydrogens is 238 g/mol. The maximum Gasteiger partial charge on any atom is 0.0724 e. The minimum Gasteiger partial charge on any atom is -0.396 e. The molecular formula is C15H19N3O. The lowest BCUT2D eigenvalue weighted by atomic mass is 10.1. The van der Waals surface area contributed by atoms with Crippen LogP contribution in [-0.4, -0.2) is 29.8 Å². The van der Waals surface area contributed by atoms with Crippen molar-refractivity contribution in [3.63, 3.8) is 0 Å². The second-order valence-corrected chi connectivity index (χ2v) is 5.18. The number of nitrogens with zero attached hydrogens (tertiary/aromatic N) is 2. The van der Waals surface area contributed by atoms with E-state index in [1.165, 1.54) is 0 Å². The van der Waals surface area contributed by atoms with Gasteiger partial charge >= 0.3 is 0 Å². The smallest absolute Gasteiger partial charge is 0.0724 e. The number of hydrogen-bond acceptors (Lipinski definition) is 4. The molecule has 1 aliphatic heterocycles. The van der Waals surface area contributed by atoms with Crippen molar-refractivity contribution < 1.29 is 5.11 Å². The topological polar surface area (TPSA) is 62.4 Å². The van der Waals surface area contributed by atoms with Crippen LogP contribution >= 0.6 is 0 Å². The van der Waals surface area contributed by atoms with Gasteiger partial charge in [0.05, 0.1) is 16.9 Å². The first-order chi connectivity index (χ1) is 9.29. The van der Waals surface area contributed by atoms with Crippen molar-refractivity contribution in [3.8, 4) is 0 Å². The molecule has 1 aromatic carbocycles. The van der Waals surface area contributed by atoms with Crippen LogP contribution in [0.1, 0.15) is 12.8 Å². The van der Waals surface area contributed by atoms with Crippen LogP contribution in [0.25, 0.3) is 10.9 Å². The molecule has 0 bridgehead atoms. The summed E-state index contributed by atoms with van der Waals surface area (Å²) in [5.41, 5.74) is 9.14. The molecule has 3 rings (SSSR count). The Balaban J connectivity index is 1.91. The van der Waals surface area contributed by atoms with Gasteiger partial charge in [-0.2, -0.15) is 0 Å². The molecule has 4 heteroatoms. The van der Waals surface area contributed by atoms with Crippen LogP contribution in [0.2, 0.25) is 0 Å². The summed E-state index contributed by atoms with van der Waals surface area (Å²) in [6, 6.07) is 8.02. The first-order valence-electron chi connectivity index (χ1n) is 6.78. The van der Waals surface area contributed by atoms with E-state index in [9.17, 15) is 0 Å². The highest BCUT2D eigenvalue weighted by Gasteiger charge is 2.23. The van der Waals surface area contributed by atoms with E-state index >= 15 is 0 Å². The number of aliphatic hydroxyl groups is 1. The molecule has 0 amide bonds. The summed E-state index contributed by atoms with van der Waals surface area (Å²) in [5.74, 6) is 0.578. The lowest BCUT2D eigenvalue weighted by Gasteiger charge is -2.21. The summed E-state index contributed by atoms with van der Waals surface area (Å²) in [5, 5.41) is 10.0. The Morgan fingerprint density at radius 1 is 1.37 bits per heavy atom. The molecule has 0 spiro atoms. The number of nitrogen functional groups attached to an aromatic ring is 1. The molecule has 1 atom stereocenters. The molecule has 1 aromatic heterocycles. The van der Waals surface area contributed by atoms with Gasteiger partial charge in [0.15, 0.2) is 0 Å². The van der Waals surface area contributed by atoms with Crippen LogP contribution in [0.5, 0.6) is 0 Å². The Labute approximate surface area is 112 Å². The number of fused-ring (bicyclic) bond motifs is 1. The predicted octanol–water partition coefficient (Wildman–Crippen LogP) is 2.03. The minimum absolute atomic E-state index is 0.273. The van der Waals surface area contributed by atoms with Gasteiger partial charge in [-0.15, -0.1) is 0 Å². The molecule has 0 aliphatic carbocycles. The number of anilines is 2. The average molecular weight is 257 g/mol. The summed E-state index contributed by atoms with van der Waals surface area (Å²) < 4.78 is 0. The van der Waals surface area contributed by atoms with Crippen molar-refractivity contribution in [2.24, 2.45) is 5.92 Å². The molecule has 4 nitrogen and oxygen atoms in total. The third-order valence-corrected chi connectivity index (χ3v) is 3.97. The Morgan fingerprint density at radius 2 is 2.26 bits per heavy atom. The lowest BCUT2D eigenvalue weighted by molar-refractivity contribution is 0.263. The molecule has 2 heterocycles. The van der Waals surface area contributed by atoms with E-state index in [2.05, 4.69) is 16.0 Å². The van der Waals surface area contributed by atoms with Gasteiger partial charge in [0.1, 0.15) is 0 Å². The number of aliphatic hydroxyl groups excluding tert-OH is 1. The zero-order valence-corrected chi connectivity index (χ0v) is 10.9. The van der Waals surface area contributed by atoms with Gasteiger partial charge in [-0.3, -0.25) is 4.98 Å². The zero-order chi connectivity index (χ0) is 13.2. The van der Waals surface area contributed by atoms with E-state index in [4.69, 9.17) is 10.8 Å². The maximum absolute atomic E-state index is 9.03. The summed E-state index contributed by atoms with van der Waals surface area (Å²) in [6.07, 6.45) is 3.80. The van der Waals surface area contributed by atoms with Crippen LogP contribution in [0, 0.1) is 5.92 Å². The molecule has 0 saturated carbocycles. The lowest BCUT2D eigenvalue weighted by Crippen LogP contribution is -2.21. The SMILES string of the molecule is Nc1c(N2CCC(CCO)C2)ccc2ncccc12. The second-order valence-electron chi connectivity index (χ2n) is 5.18. The zero-order valence-electron chi connectivity index (χ0n) is 10.9. The Kier molecular flexibility index (Phi) is 3.25. The fourth-order valence-corrected chi connectivity index (χ4v) is 2.91. The largest absolute Gasteiger partial charge is 0.396 e. The molecule has 3 N–H and O–H groups in total. The summed E-state index contributed by atoms with van der Waals surface area (Å²) >= 11 is 0. The van der Waals surface area contributed by atoms with Crippen molar-refractivity contribution in [2.75, 3.05) is 30.3 Å². The van der Waals surface area contributed by atoms with Crippen LogP contribution in [0.15, 0.2) is 30.5 Å². The third-order valence-electron chi connectivity index (χ3n) is 3.97. The number of hydrogen-bond donors (Lipinski definition) is 2. The van der Waals surface area contributed by atoms with E-state index < -0.39 is 0 Å². The Morgan fingerprint density at radius 3 is 3.11 bits per heavy atom. The second kappa shape index (κ2) is 5.05. The van der Waals surface area contributed by atoms with Crippen molar-refractivity contribution in [1.82, 2.24) is 4.98 Å². The highest BCUT2D eigenvalue weighted by atomic mass is 16.3. The van der Waals surface area contributed by atoms with Gasteiger partial charge in [-0.25, -0.2) is 0 Å². The number of pyridine rings is 1. The summed E-state index contributed by atoms with van der Waals surface area (Å²) in [7, 11) is 0. The van der Waals surface area contributed by atoms with Gasteiger partial charge in [-0.1, -0.05) is 0 Å². The molecule has 1 saturated heterocycles. The standard InChI is InChI=1S/C15H19N3O/c16-15-12-2-1-7-17-13(12)3-4-14(15)18-8-5-11(10-18)6-9-19/h1-4,7,11,19H,5-6,8-10,16H2. The molecule has 19 heavy (non-hydrogen) atoms. The van der Waals surface area contributed by atoms with Crippen molar-refractivity contribution in [3.05, 3.63) is 30.5 Å². The van der Waals surface area contributed by atoms with Crippen molar-refractivity contribution in [2.45, 2.75) is 12.8 Å². The molecule has 1 fully saturated rings. The number of rotatable bonds is 3. The fourth-order valence-electron chi connectivity index (χ4n) is 2.91. The molecule has 2 aromatic rings. The normalized spacial score (nSPS) is 19.2. The average Bonchev–Trinajstić information content (AvgIpc) is 2.88. The van der Waals surface area contributed by atoms with E-state index in [-0.39, 0.29) is 6.61 Å². The molecule has 1 aliphatic rings. The van der Waals surface area contributed by atoms with Crippen molar-refractivity contribution in [1.29, 1.82) is 0 Å². The Hall–Kier alpha value is -1.81. The van der Waals surface area contributed by atoms with Crippen molar-refractivity contribution >= 4 is 22.3 Å². The summed E-state index contributed by atoms with van der Waals surface area (Å²) in [4.78, 5) is 6.64. The highest BCUT2D eigenvalue weighted by Crippen LogP contribution is 2.34.